The lowest BCUT2D eigenvalue weighted by atomic mass is 10.1. The Labute approximate surface area is 147 Å². The molecule has 1 heterocycles. The molecule has 0 saturated heterocycles. The van der Waals surface area contributed by atoms with E-state index in [9.17, 15) is 14.7 Å². The van der Waals surface area contributed by atoms with Crippen molar-refractivity contribution < 1.29 is 19.4 Å². The molecule has 1 aromatic heterocycles. The molecular weight excluding hydrogens is 320 g/mol. The van der Waals surface area contributed by atoms with Crippen molar-refractivity contribution in [3.8, 4) is 11.3 Å². The van der Waals surface area contributed by atoms with E-state index < -0.39 is 23.8 Å². The number of hydrogen-bond donors (Lipinski definition) is 2. The second kappa shape index (κ2) is 7.01. The summed E-state index contributed by atoms with van der Waals surface area (Å²) in [5, 5.41) is 12.2. The van der Waals surface area contributed by atoms with E-state index in [4.69, 9.17) is 4.74 Å². The molecule has 0 spiro atoms. The molecule has 0 bridgehead atoms. The van der Waals surface area contributed by atoms with Gasteiger partial charge in [0.25, 0.3) is 0 Å². The fourth-order valence-corrected chi connectivity index (χ4v) is 2.71. The molecule has 2 N–H and O–H groups in total. The summed E-state index contributed by atoms with van der Waals surface area (Å²) < 4.78 is 7.08. The highest BCUT2D eigenvalue weighted by Crippen LogP contribution is 2.28. The second-order valence-electron chi connectivity index (χ2n) is 6.89. The average molecular weight is 344 g/mol. The van der Waals surface area contributed by atoms with Gasteiger partial charge < -0.3 is 19.7 Å². The number of carbonyl (C=O) groups excluding carboxylic acids is 1. The third kappa shape index (κ3) is 4.41. The Bertz CT molecular complexity index is 773. The summed E-state index contributed by atoms with van der Waals surface area (Å²) in [6.45, 7) is 8.88. The van der Waals surface area contributed by atoms with Gasteiger partial charge in [0.1, 0.15) is 11.8 Å². The Morgan fingerprint density at radius 2 is 1.80 bits per heavy atom. The van der Waals surface area contributed by atoms with Gasteiger partial charge in [-0.25, -0.2) is 9.59 Å². The highest BCUT2D eigenvalue weighted by molar-refractivity contribution is 5.91. The summed E-state index contributed by atoms with van der Waals surface area (Å²) in [5.41, 5.74) is 1.76. The van der Waals surface area contributed by atoms with Crippen molar-refractivity contribution >= 4 is 12.1 Å². The predicted octanol–water partition coefficient (Wildman–Crippen LogP) is 4.20. The number of hydrogen-bond acceptors (Lipinski definition) is 3. The number of aromatic carboxylic acids is 1. The van der Waals surface area contributed by atoms with E-state index in [1.807, 2.05) is 30.3 Å². The molecule has 6 nitrogen and oxygen atoms in total. The zero-order valence-corrected chi connectivity index (χ0v) is 15.2. The Kier molecular flexibility index (Phi) is 5.21. The van der Waals surface area contributed by atoms with Crippen molar-refractivity contribution in [3.05, 3.63) is 47.7 Å². The molecule has 1 atom stereocenters. The van der Waals surface area contributed by atoms with Crippen LogP contribution in [0.3, 0.4) is 0 Å². The van der Waals surface area contributed by atoms with Crippen LogP contribution in [0.2, 0.25) is 0 Å². The molecule has 0 saturated carbocycles. The van der Waals surface area contributed by atoms with Crippen LogP contribution in [0.25, 0.3) is 11.3 Å². The number of alkyl carbamates (subject to hydrolysis) is 1. The van der Waals surface area contributed by atoms with Gasteiger partial charge in [-0.1, -0.05) is 30.3 Å². The Hall–Kier alpha value is -2.76. The van der Waals surface area contributed by atoms with Crippen LogP contribution in [0.4, 0.5) is 4.79 Å². The molecule has 0 aliphatic heterocycles. The maximum Gasteiger partial charge on any atom is 0.409 e. The first kappa shape index (κ1) is 18.6. The molecule has 1 unspecified atom stereocenters. The molecule has 1 amide bonds. The largest absolute Gasteiger partial charge is 0.478 e. The van der Waals surface area contributed by atoms with Crippen molar-refractivity contribution in [2.75, 3.05) is 0 Å². The zero-order chi connectivity index (χ0) is 18.8. The van der Waals surface area contributed by atoms with E-state index in [1.165, 1.54) is 0 Å². The van der Waals surface area contributed by atoms with Crippen LogP contribution in [-0.4, -0.2) is 27.3 Å². The minimum Gasteiger partial charge on any atom is -0.478 e. The van der Waals surface area contributed by atoms with Gasteiger partial charge in [0.15, 0.2) is 0 Å². The maximum atomic E-state index is 12.1. The molecule has 2 aromatic rings. The van der Waals surface area contributed by atoms with Crippen molar-refractivity contribution in [1.29, 1.82) is 0 Å². The molecule has 25 heavy (non-hydrogen) atoms. The van der Waals surface area contributed by atoms with E-state index in [-0.39, 0.29) is 5.56 Å². The van der Waals surface area contributed by atoms with Gasteiger partial charge in [0, 0.05) is 5.69 Å². The van der Waals surface area contributed by atoms with Crippen molar-refractivity contribution in [3.63, 3.8) is 0 Å². The molecule has 2 rings (SSSR count). The fraction of sp³-hybridized carbons (Fsp3) is 0.368. The number of nitrogens with one attached hydrogen (secondary N) is 1. The van der Waals surface area contributed by atoms with E-state index in [0.717, 1.165) is 11.3 Å². The first-order valence-corrected chi connectivity index (χ1v) is 8.10. The minimum absolute atomic E-state index is 0.205. The van der Waals surface area contributed by atoms with Gasteiger partial charge >= 0.3 is 12.1 Å². The van der Waals surface area contributed by atoms with Crippen LogP contribution in [-0.2, 0) is 4.74 Å². The number of amides is 1. The fourth-order valence-electron chi connectivity index (χ4n) is 2.71. The van der Waals surface area contributed by atoms with E-state index in [1.54, 1.807) is 45.3 Å². The standard InChI is InChI=1S/C19H24N2O4/c1-12-15(17(22)23)11-16(14-9-7-6-8-10-14)21(12)13(2)20-18(24)25-19(3,4)5/h6-11,13H,1-5H3,(H,20,24)(H,22,23). The molecule has 0 aliphatic carbocycles. The number of nitrogens with zero attached hydrogens (tertiary/aromatic N) is 1. The minimum atomic E-state index is -1.00. The van der Waals surface area contributed by atoms with Gasteiger partial charge in [0.05, 0.1) is 11.3 Å². The first-order chi connectivity index (χ1) is 11.6. The van der Waals surface area contributed by atoms with Crippen molar-refractivity contribution in [2.45, 2.75) is 46.4 Å². The molecule has 6 heteroatoms. The van der Waals surface area contributed by atoms with Gasteiger partial charge in [-0.2, -0.15) is 0 Å². The van der Waals surface area contributed by atoms with E-state index in [2.05, 4.69) is 5.32 Å². The Morgan fingerprint density at radius 1 is 1.20 bits per heavy atom. The van der Waals surface area contributed by atoms with Crippen LogP contribution in [0.5, 0.6) is 0 Å². The normalized spacial score (nSPS) is 12.5. The maximum absolute atomic E-state index is 12.1. The molecule has 0 aliphatic rings. The topological polar surface area (TPSA) is 80.6 Å². The monoisotopic (exact) mass is 344 g/mol. The quantitative estimate of drug-likeness (QED) is 0.871. The first-order valence-electron chi connectivity index (χ1n) is 8.10. The summed E-state index contributed by atoms with van der Waals surface area (Å²) in [7, 11) is 0. The van der Waals surface area contributed by atoms with Gasteiger partial charge in [-0.3, -0.25) is 0 Å². The van der Waals surface area contributed by atoms with Crippen LogP contribution >= 0.6 is 0 Å². The number of carboxylic acids is 1. The molecule has 1 aromatic carbocycles. The number of carbonyl (C=O) groups is 2. The van der Waals surface area contributed by atoms with Crippen LogP contribution in [0.1, 0.15) is 49.9 Å². The van der Waals surface area contributed by atoms with Gasteiger partial charge in [-0.05, 0) is 46.2 Å². The lowest BCUT2D eigenvalue weighted by molar-refractivity contribution is 0.0488. The number of rotatable bonds is 4. The van der Waals surface area contributed by atoms with E-state index >= 15 is 0 Å². The zero-order valence-electron chi connectivity index (χ0n) is 15.2. The lowest BCUT2D eigenvalue weighted by Crippen LogP contribution is -2.36. The summed E-state index contributed by atoms with van der Waals surface area (Å²) in [6, 6.07) is 11.1. The number of aromatic nitrogens is 1. The van der Waals surface area contributed by atoms with Crippen molar-refractivity contribution in [1.82, 2.24) is 9.88 Å². The molecular formula is C19H24N2O4. The molecule has 0 fully saturated rings. The highest BCUT2D eigenvalue weighted by atomic mass is 16.6. The summed E-state index contributed by atoms with van der Waals surface area (Å²) in [5.74, 6) is -1.00. The van der Waals surface area contributed by atoms with Gasteiger partial charge in [0.2, 0.25) is 0 Å². The number of carboxylic acid groups (broad SMARTS) is 1. The number of benzene rings is 1. The molecule has 0 radical (unpaired) electrons. The summed E-state index contributed by atoms with van der Waals surface area (Å²) in [4.78, 5) is 23.6. The lowest BCUT2D eigenvalue weighted by Gasteiger charge is -2.24. The summed E-state index contributed by atoms with van der Waals surface area (Å²) in [6.07, 6.45) is -1.03. The third-order valence-corrected chi connectivity index (χ3v) is 3.70. The van der Waals surface area contributed by atoms with Crippen LogP contribution in [0.15, 0.2) is 36.4 Å². The third-order valence-electron chi connectivity index (χ3n) is 3.70. The van der Waals surface area contributed by atoms with Crippen LogP contribution in [0, 0.1) is 6.92 Å². The van der Waals surface area contributed by atoms with Crippen molar-refractivity contribution in [2.24, 2.45) is 0 Å². The predicted molar refractivity (Wildman–Crippen MR) is 95.6 cm³/mol. The average Bonchev–Trinajstić information content (AvgIpc) is 2.83. The smallest absolute Gasteiger partial charge is 0.409 e. The summed E-state index contributed by atoms with van der Waals surface area (Å²) >= 11 is 0. The highest BCUT2D eigenvalue weighted by Gasteiger charge is 2.23. The number of ether oxygens (including phenoxy) is 1. The Balaban J connectivity index is 2.41. The van der Waals surface area contributed by atoms with Crippen LogP contribution < -0.4 is 5.32 Å². The van der Waals surface area contributed by atoms with E-state index in [0.29, 0.717) is 5.69 Å². The Morgan fingerprint density at radius 3 is 2.32 bits per heavy atom. The second-order valence-corrected chi connectivity index (χ2v) is 6.89. The SMILES string of the molecule is Cc1c(C(=O)O)cc(-c2ccccc2)n1C(C)NC(=O)OC(C)(C)C. The van der Waals surface area contributed by atoms with Gasteiger partial charge in [-0.15, -0.1) is 0 Å². The molecule has 134 valence electrons.